The van der Waals surface area contributed by atoms with E-state index >= 15 is 0 Å². The lowest BCUT2D eigenvalue weighted by atomic mass is 9.89. The van der Waals surface area contributed by atoms with Crippen molar-refractivity contribution in [3.05, 3.63) is 18.0 Å². The SMILES string of the molecule is Cc1cnc(N(C)C2CCCN(C3CCC3)C2)nc1. The van der Waals surface area contributed by atoms with Crippen LogP contribution in [0.5, 0.6) is 0 Å². The van der Waals surface area contributed by atoms with Gasteiger partial charge in [-0.05, 0) is 44.7 Å². The Morgan fingerprint density at radius 3 is 2.53 bits per heavy atom. The van der Waals surface area contributed by atoms with Crippen molar-refractivity contribution in [1.29, 1.82) is 0 Å². The van der Waals surface area contributed by atoms with Crippen LogP contribution >= 0.6 is 0 Å². The van der Waals surface area contributed by atoms with Crippen molar-refractivity contribution in [2.45, 2.75) is 51.1 Å². The van der Waals surface area contributed by atoms with E-state index in [4.69, 9.17) is 0 Å². The molecule has 0 amide bonds. The zero-order chi connectivity index (χ0) is 13.2. The predicted octanol–water partition coefficient (Wildman–Crippen LogP) is 2.24. The number of likely N-dealkylation sites (N-methyl/N-ethyl adjacent to an activating group) is 1. The molecule has 4 heteroatoms. The van der Waals surface area contributed by atoms with Gasteiger partial charge < -0.3 is 4.90 Å². The second-order valence-corrected chi connectivity index (χ2v) is 6.05. The molecule has 3 rings (SSSR count). The molecular weight excluding hydrogens is 236 g/mol. The van der Waals surface area contributed by atoms with Crippen LogP contribution in [0.2, 0.25) is 0 Å². The van der Waals surface area contributed by atoms with Gasteiger partial charge in [0.15, 0.2) is 0 Å². The lowest BCUT2D eigenvalue weighted by Gasteiger charge is -2.44. The van der Waals surface area contributed by atoms with Gasteiger partial charge in [0.1, 0.15) is 0 Å². The van der Waals surface area contributed by atoms with Crippen LogP contribution in [0.3, 0.4) is 0 Å². The van der Waals surface area contributed by atoms with Crippen LogP contribution in [-0.2, 0) is 0 Å². The van der Waals surface area contributed by atoms with E-state index in [0.29, 0.717) is 6.04 Å². The molecule has 19 heavy (non-hydrogen) atoms. The van der Waals surface area contributed by atoms with Crippen molar-refractivity contribution in [3.63, 3.8) is 0 Å². The molecule has 1 aromatic rings. The lowest BCUT2D eigenvalue weighted by molar-refractivity contribution is 0.0943. The summed E-state index contributed by atoms with van der Waals surface area (Å²) in [5.41, 5.74) is 1.12. The van der Waals surface area contributed by atoms with E-state index in [-0.39, 0.29) is 0 Å². The van der Waals surface area contributed by atoms with Gasteiger partial charge in [-0.25, -0.2) is 9.97 Å². The Balaban J connectivity index is 1.65. The second-order valence-electron chi connectivity index (χ2n) is 6.05. The van der Waals surface area contributed by atoms with Gasteiger partial charge in [0.05, 0.1) is 0 Å². The first-order valence-electron chi connectivity index (χ1n) is 7.49. The smallest absolute Gasteiger partial charge is 0.225 e. The van der Waals surface area contributed by atoms with E-state index in [1.807, 2.05) is 19.3 Å². The van der Waals surface area contributed by atoms with Crippen LogP contribution in [-0.4, -0.2) is 47.1 Å². The van der Waals surface area contributed by atoms with Gasteiger partial charge in [-0.15, -0.1) is 0 Å². The summed E-state index contributed by atoms with van der Waals surface area (Å²) in [6.45, 7) is 4.49. The summed E-state index contributed by atoms with van der Waals surface area (Å²) >= 11 is 0. The van der Waals surface area contributed by atoms with Crippen molar-refractivity contribution in [1.82, 2.24) is 14.9 Å². The minimum atomic E-state index is 0.567. The summed E-state index contributed by atoms with van der Waals surface area (Å²) in [6, 6.07) is 1.42. The highest BCUT2D eigenvalue weighted by molar-refractivity contribution is 5.30. The van der Waals surface area contributed by atoms with Crippen LogP contribution in [0.1, 0.15) is 37.7 Å². The Morgan fingerprint density at radius 2 is 1.89 bits per heavy atom. The summed E-state index contributed by atoms with van der Waals surface area (Å²) in [5, 5.41) is 0. The van der Waals surface area contributed by atoms with Gasteiger partial charge in [-0.3, -0.25) is 4.90 Å². The third-order valence-corrected chi connectivity index (χ3v) is 4.65. The molecule has 104 valence electrons. The molecule has 0 aromatic carbocycles. The highest BCUT2D eigenvalue weighted by atomic mass is 15.3. The second kappa shape index (κ2) is 5.45. The fourth-order valence-corrected chi connectivity index (χ4v) is 3.11. The highest BCUT2D eigenvalue weighted by Crippen LogP contribution is 2.28. The molecule has 1 saturated carbocycles. The van der Waals surface area contributed by atoms with Crippen LogP contribution in [0.25, 0.3) is 0 Å². The van der Waals surface area contributed by atoms with E-state index in [1.165, 1.54) is 45.2 Å². The van der Waals surface area contributed by atoms with Crippen LogP contribution < -0.4 is 4.90 Å². The molecule has 0 radical (unpaired) electrons. The first-order chi connectivity index (χ1) is 9.24. The number of anilines is 1. The van der Waals surface area contributed by atoms with E-state index in [1.54, 1.807) is 0 Å². The van der Waals surface area contributed by atoms with E-state index in [0.717, 1.165) is 17.6 Å². The quantitative estimate of drug-likeness (QED) is 0.834. The number of nitrogens with zero attached hydrogens (tertiary/aromatic N) is 4. The fraction of sp³-hybridized carbons (Fsp3) is 0.733. The molecule has 0 N–H and O–H groups in total. The number of likely N-dealkylation sites (tertiary alicyclic amines) is 1. The average molecular weight is 260 g/mol. The molecule has 2 aliphatic rings. The van der Waals surface area contributed by atoms with Crippen molar-refractivity contribution in [2.75, 3.05) is 25.0 Å². The van der Waals surface area contributed by atoms with Gasteiger partial charge in [0, 0.05) is 38.1 Å². The van der Waals surface area contributed by atoms with Crippen LogP contribution in [0, 0.1) is 6.92 Å². The molecule has 1 saturated heterocycles. The topological polar surface area (TPSA) is 32.3 Å². The molecule has 0 spiro atoms. The minimum absolute atomic E-state index is 0.567. The number of aromatic nitrogens is 2. The Morgan fingerprint density at radius 1 is 1.16 bits per heavy atom. The van der Waals surface area contributed by atoms with Crippen molar-refractivity contribution in [3.8, 4) is 0 Å². The average Bonchev–Trinajstić information content (AvgIpc) is 2.37. The number of rotatable bonds is 3. The van der Waals surface area contributed by atoms with Crippen LogP contribution in [0.15, 0.2) is 12.4 Å². The molecule has 2 fully saturated rings. The lowest BCUT2D eigenvalue weighted by Crippen LogP contribution is -2.52. The van der Waals surface area contributed by atoms with E-state index < -0.39 is 0 Å². The maximum Gasteiger partial charge on any atom is 0.225 e. The molecule has 1 aliphatic heterocycles. The molecule has 1 aliphatic carbocycles. The monoisotopic (exact) mass is 260 g/mol. The third-order valence-electron chi connectivity index (χ3n) is 4.65. The standard InChI is InChI=1S/C15H24N4/c1-12-9-16-15(17-10-12)18(2)14-7-4-8-19(11-14)13-5-3-6-13/h9-10,13-14H,3-8,11H2,1-2H3. The van der Waals surface area contributed by atoms with E-state index in [9.17, 15) is 0 Å². The van der Waals surface area contributed by atoms with Gasteiger partial charge in [0.25, 0.3) is 0 Å². The maximum atomic E-state index is 4.45. The summed E-state index contributed by atoms with van der Waals surface area (Å²) in [5.74, 6) is 0.867. The first-order valence-corrected chi connectivity index (χ1v) is 7.49. The zero-order valence-corrected chi connectivity index (χ0v) is 12.0. The summed E-state index contributed by atoms with van der Waals surface area (Å²) in [7, 11) is 2.14. The molecule has 1 unspecified atom stereocenters. The van der Waals surface area contributed by atoms with Crippen LogP contribution in [0.4, 0.5) is 5.95 Å². The summed E-state index contributed by atoms with van der Waals surface area (Å²) in [6.07, 6.45) is 10.6. The highest BCUT2D eigenvalue weighted by Gasteiger charge is 2.31. The number of aryl methyl sites for hydroxylation is 1. The Bertz CT molecular complexity index is 413. The third kappa shape index (κ3) is 2.73. The molecule has 1 aromatic heterocycles. The summed E-state index contributed by atoms with van der Waals surface area (Å²) in [4.78, 5) is 13.9. The predicted molar refractivity (Wildman–Crippen MR) is 77.4 cm³/mol. The number of hydrogen-bond acceptors (Lipinski definition) is 4. The van der Waals surface area contributed by atoms with Gasteiger partial charge >= 0.3 is 0 Å². The van der Waals surface area contributed by atoms with Gasteiger partial charge in [-0.2, -0.15) is 0 Å². The normalized spacial score (nSPS) is 25.1. The Hall–Kier alpha value is -1.16. The first kappa shape index (κ1) is 12.9. The molecule has 0 bridgehead atoms. The largest absolute Gasteiger partial charge is 0.340 e. The molecule has 1 atom stereocenters. The van der Waals surface area contributed by atoms with Crippen molar-refractivity contribution < 1.29 is 0 Å². The molecular formula is C15H24N4. The zero-order valence-electron chi connectivity index (χ0n) is 12.0. The fourth-order valence-electron chi connectivity index (χ4n) is 3.11. The van der Waals surface area contributed by atoms with Crippen molar-refractivity contribution in [2.24, 2.45) is 0 Å². The van der Waals surface area contributed by atoms with Crippen molar-refractivity contribution >= 4 is 5.95 Å². The Kier molecular flexibility index (Phi) is 3.69. The minimum Gasteiger partial charge on any atom is -0.340 e. The summed E-state index contributed by atoms with van der Waals surface area (Å²) < 4.78 is 0. The number of piperidine rings is 1. The Labute approximate surface area is 115 Å². The van der Waals surface area contributed by atoms with Gasteiger partial charge in [0.2, 0.25) is 5.95 Å². The molecule has 2 heterocycles. The molecule has 4 nitrogen and oxygen atoms in total. The number of hydrogen-bond donors (Lipinski definition) is 0. The maximum absolute atomic E-state index is 4.45. The van der Waals surface area contributed by atoms with Gasteiger partial charge in [-0.1, -0.05) is 6.42 Å². The van der Waals surface area contributed by atoms with E-state index in [2.05, 4.69) is 26.8 Å².